The third-order valence-electron chi connectivity index (χ3n) is 11.7. The van der Waals surface area contributed by atoms with E-state index < -0.39 is 85.4 Å². The summed E-state index contributed by atoms with van der Waals surface area (Å²) in [6, 6.07) is 40.1. The maximum Gasteiger partial charge on any atom is 0.303 e. The maximum atomic E-state index is 14.5. The fourth-order valence-corrected chi connectivity index (χ4v) is 8.58. The first-order chi connectivity index (χ1) is 31.7. The van der Waals surface area contributed by atoms with Gasteiger partial charge in [0.15, 0.2) is 18.7 Å². The van der Waals surface area contributed by atoms with Crippen molar-refractivity contribution < 1.29 is 66.9 Å². The molecule has 4 aliphatic heterocycles. The van der Waals surface area contributed by atoms with Crippen LogP contribution in [0.2, 0.25) is 0 Å². The number of carbonyl (C=O) groups is 3. The molecule has 65 heavy (non-hydrogen) atoms. The van der Waals surface area contributed by atoms with Crippen LogP contribution in [0.1, 0.15) is 50.6 Å². The topological polar surface area (TPSA) is 167 Å². The first-order valence-corrected chi connectivity index (χ1v) is 21.4. The minimum Gasteiger partial charge on any atom is -0.497 e. The van der Waals surface area contributed by atoms with Crippen LogP contribution >= 0.6 is 0 Å². The summed E-state index contributed by atoms with van der Waals surface area (Å²) in [7, 11) is 1.55. The molecule has 3 saturated heterocycles. The zero-order chi connectivity index (χ0) is 44.9. The van der Waals surface area contributed by atoms with Crippen molar-refractivity contribution in [2.24, 2.45) is 0 Å². The third kappa shape index (κ3) is 9.69. The zero-order valence-corrected chi connectivity index (χ0v) is 35.7. The Labute approximate surface area is 375 Å². The number of amides is 2. The second kappa shape index (κ2) is 20.0. The summed E-state index contributed by atoms with van der Waals surface area (Å²) >= 11 is 0. The highest BCUT2D eigenvalue weighted by Crippen LogP contribution is 2.40. The number of ether oxygens (including phenoxy) is 10. The lowest BCUT2D eigenvalue weighted by atomic mass is 9.93. The number of carbonyl (C=O) groups excluding carboxylic acids is 3. The number of esters is 1. The summed E-state index contributed by atoms with van der Waals surface area (Å²) in [5, 5.41) is 12.0. The van der Waals surface area contributed by atoms with E-state index in [4.69, 9.17) is 47.4 Å². The lowest BCUT2D eigenvalue weighted by molar-refractivity contribution is -0.382. The van der Waals surface area contributed by atoms with E-state index in [1.54, 1.807) is 55.6 Å². The first kappa shape index (κ1) is 44.2. The number of nitrogens with zero attached hydrogens (tertiary/aromatic N) is 1. The molecule has 0 radical (unpaired) electrons. The Morgan fingerprint density at radius 2 is 1.29 bits per heavy atom. The quantitative estimate of drug-likeness (QED) is 0.0993. The Morgan fingerprint density at radius 3 is 1.92 bits per heavy atom. The van der Waals surface area contributed by atoms with E-state index in [2.05, 4.69) is 0 Å². The van der Waals surface area contributed by atoms with E-state index in [0.717, 1.165) is 21.6 Å². The molecule has 338 valence electrons. The summed E-state index contributed by atoms with van der Waals surface area (Å²) in [4.78, 5) is 42.9. The van der Waals surface area contributed by atoms with Gasteiger partial charge >= 0.3 is 5.97 Å². The summed E-state index contributed by atoms with van der Waals surface area (Å²) in [6.07, 6.45) is -12.0. The molecule has 15 nitrogen and oxygen atoms in total. The number of imide groups is 1. The fourth-order valence-electron chi connectivity index (χ4n) is 8.58. The summed E-state index contributed by atoms with van der Waals surface area (Å²) in [5.74, 6) is -0.987. The van der Waals surface area contributed by atoms with Crippen LogP contribution in [-0.4, -0.2) is 109 Å². The van der Waals surface area contributed by atoms with Crippen molar-refractivity contribution in [2.45, 2.75) is 87.8 Å². The smallest absolute Gasteiger partial charge is 0.303 e. The Morgan fingerprint density at radius 1 is 0.692 bits per heavy atom. The lowest BCUT2D eigenvalue weighted by Gasteiger charge is -2.51. The molecule has 15 heteroatoms. The van der Waals surface area contributed by atoms with Crippen LogP contribution < -0.4 is 9.47 Å². The average Bonchev–Trinajstić information content (AvgIpc) is 3.59. The molecule has 0 spiro atoms. The number of rotatable bonds is 15. The Bertz CT molecular complexity index is 2350. The number of hydrogen-bond acceptors (Lipinski definition) is 14. The Balaban J connectivity index is 1.11. The number of hydrogen-bond donors (Lipinski definition) is 1. The molecule has 0 unspecified atom stereocenters. The van der Waals surface area contributed by atoms with Crippen molar-refractivity contribution in [3.63, 3.8) is 0 Å². The van der Waals surface area contributed by atoms with Crippen molar-refractivity contribution in [3.8, 4) is 11.5 Å². The molecule has 4 heterocycles. The third-order valence-corrected chi connectivity index (χ3v) is 11.7. The number of aliphatic hydroxyl groups is 1. The molecule has 11 atom stereocenters. The van der Waals surface area contributed by atoms with E-state index in [9.17, 15) is 19.5 Å². The maximum absolute atomic E-state index is 14.5. The van der Waals surface area contributed by atoms with Crippen LogP contribution in [-0.2, 0) is 55.9 Å². The zero-order valence-electron chi connectivity index (χ0n) is 35.7. The molecule has 0 aliphatic carbocycles. The lowest BCUT2D eigenvalue weighted by Crippen LogP contribution is -2.70. The van der Waals surface area contributed by atoms with Crippen molar-refractivity contribution in [3.05, 3.63) is 167 Å². The average molecular weight is 888 g/mol. The van der Waals surface area contributed by atoms with Gasteiger partial charge in [-0.1, -0.05) is 103 Å². The highest BCUT2D eigenvalue weighted by molar-refractivity contribution is 6.21. The van der Waals surface area contributed by atoms with Crippen molar-refractivity contribution in [2.75, 3.05) is 20.3 Å². The predicted octanol–water partition coefficient (Wildman–Crippen LogP) is 5.78. The van der Waals surface area contributed by atoms with Crippen LogP contribution in [0.15, 0.2) is 140 Å². The van der Waals surface area contributed by atoms with Gasteiger partial charge in [-0.3, -0.25) is 19.3 Å². The standard InChI is InChI=1S/C50H49NO14/c1-30(52)60-45-41(53)42-39(29-59-48(64-42)33-18-10-5-11-19-33)63-50(45)65-43-38(28-57-26-31-14-6-3-7-15-31)62-49(61-35-24-22-34(56-2)23-25-35)40(44(43)58-27-32-16-8-4-9-17-32)51-46(54)36-20-12-13-21-37(36)47(51)55/h3-25,38-45,48-50,53H,26-29H2,1-2H3/t38-,39-,40-,41+,42-,43-,44-,45+,48-,49-,50+/m1/s1. The van der Waals surface area contributed by atoms with Gasteiger partial charge < -0.3 is 52.5 Å². The molecule has 9 rings (SSSR count). The predicted molar refractivity (Wildman–Crippen MR) is 229 cm³/mol. The molecule has 0 aromatic heterocycles. The molecular formula is C50H49NO14. The number of aliphatic hydroxyl groups excluding tert-OH is 1. The second-order valence-corrected chi connectivity index (χ2v) is 16.0. The van der Waals surface area contributed by atoms with Gasteiger partial charge in [-0.05, 0) is 47.5 Å². The van der Waals surface area contributed by atoms with Gasteiger partial charge in [-0.15, -0.1) is 0 Å². The van der Waals surface area contributed by atoms with Gasteiger partial charge in [0, 0.05) is 12.5 Å². The van der Waals surface area contributed by atoms with Crippen molar-refractivity contribution >= 4 is 17.8 Å². The van der Waals surface area contributed by atoms with E-state index in [1.165, 1.54) is 6.92 Å². The Hall–Kier alpha value is -6.01. The van der Waals surface area contributed by atoms with Crippen molar-refractivity contribution in [1.29, 1.82) is 0 Å². The highest BCUT2D eigenvalue weighted by Gasteiger charge is 2.59. The molecule has 5 aromatic carbocycles. The molecule has 0 bridgehead atoms. The van der Waals surface area contributed by atoms with E-state index in [1.807, 2.05) is 91.0 Å². The van der Waals surface area contributed by atoms with E-state index >= 15 is 0 Å². The van der Waals surface area contributed by atoms with Crippen LogP contribution in [0.4, 0.5) is 0 Å². The minimum absolute atomic E-state index is 0.00728. The van der Waals surface area contributed by atoms with Crippen LogP contribution in [0, 0.1) is 0 Å². The van der Waals surface area contributed by atoms with Gasteiger partial charge in [0.1, 0.15) is 54.2 Å². The van der Waals surface area contributed by atoms with Crippen LogP contribution in [0.25, 0.3) is 0 Å². The Kier molecular flexibility index (Phi) is 13.6. The number of fused-ring (bicyclic) bond motifs is 2. The number of benzene rings is 5. The second-order valence-electron chi connectivity index (χ2n) is 16.0. The molecule has 1 N–H and O–H groups in total. The normalized spacial score (nSPS) is 28.5. The summed E-state index contributed by atoms with van der Waals surface area (Å²) in [5.41, 5.74) is 2.77. The van der Waals surface area contributed by atoms with Gasteiger partial charge in [0.2, 0.25) is 6.29 Å². The van der Waals surface area contributed by atoms with E-state index in [-0.39, 0.29) is 37.6 Å². The minimum atomic E-state index is -1.48. The number of methoxy groups -OCH3 is 1. The SMILES string of the molecule is COc1ccc(O[C@@H]2O[C@H](COCc3ccccc3)[C@@H](O[C@@H]3O[C@@H]4CO[C@@H](c5ccccc5)O[C@H]4[C@H](O)[C@@H]3OC(C)=O)[C@H](OCc3ccccc3)[C@H]2N2C(=O)c3ccccc3C2=O)cc1. The van der Waals surface area contributed by atoms with Gasteiger partial charge in [-0.2, -0.15) is 0 Å². The van der Waals surface area contributed by atoms with Gasteiger partial charge in [0.25, 0.3) is 11.8 Å². The highest BCUT2D eigenvalue weighted by atomic mass is 16.8. The monoisotopic (exact) mass is 887 g/mol. The molecule has 5 aromatic rings. The van der Waals surface area contributed by atoms with E-state index in [0.29, 0.717) is 11.5 Å². The van der Waals surface area contributed by atoms with Crippen molar-refractivity contribution in [1.82, 2.24) is 4.90 Å². The first-order valence-electron chi connectivity index (χ1n) is 21.4. The summed E-state index contributed by atoms with van der Waals surface area (Å²) in [6.45, 7) is 1.26. The van der Waals surface area contributed by atoms with Gasteiger partial charge in [0.05, 0.1) is 44.7 Å². The van der Waals surface area contributed by atoms with Crippen LogP contribution in [0.5, 0.6) is 11.5 Å². The largest absolute Gasteiger partial charge is 0.497 e. The molecule has 3 fully saturated rings. The summed E-state index contributed by atoms with van der Waals surface area (Å²) < 4.78 is 63.7. The fraction of sp³-hybridized carbons (Fsp3) is 0.340. The van der Waals surface area contributed by atoms with Crippen LogP contribution in [0.3, 0.4) is 0 Å². The molecule has 2 amide bonds. The molecular weight excluding hydrogens is 839 g/mol. The molecule has 4 aliphatic rings. The molecule has 0 saturated carbocycles. The van der Waals surface area contributed by atoms with Gasteiger partial charge in [-0.25, -0.2) is 0 Å².